The smallest absolute Gasteiger partial charge is 0.0928 e. The monoisotopic (exact) mass is 152 g/mol. The first-order chi connectivity index (χ1) is 5.06. The van der Waals surface area contributed by atoms with Crippen LogP contribution in [0.1, 0.15) is 33.6 Å². The highest BCUT2D eigenvalue weighted by atomic mass is 15.0. The number of hydrogen-bond acceptors (Lipinski definition) is 2. The molecule has 1 rings (SSSR count). The minimum Gasteiger partial charge on any atom is -0.297 e. The van der Waals surface area contributed by atoms with Gasteiger partial charge in [0.2, 0.25) is 0 Å². The van der Waals surface area contributed by atoms with Crippen LogP contribution >= 0.6 is 0 Å². The molecule has 1 atom stereocenters. The minimum absolute atomic E-state index is 0.0226. The summed E-state index contributed by atoms with van der Waals surface area (Å²) >= 11 is 0. The van der Waals surface area contributed by atoms with Gasteiger partial charge >= 0.3 is 0 Å². The Morgan fingerprint density at radius 3 is 2.45 bits per heavy atom. The summed E-state index contributed by atoms with van der Waals surface area (Å²) in [7, 11) is 0. The molecule has 0 radical (unpaired) electrons. The predicted octanol–water partition coefficient (Wildman–Crippen LogP) is 1.68. The predicted molar refractivity (Wildman–Crippen MR) is 45.0 cm³/mol. The topological polar surface area (TPSA) is 35.8 Å². The molecular weight excluding hydrogens is 136 g/mol. The summed E-state index contributed by atoms with van der Waals surface area (Å²) < 4.78 is 0. The number of nitrogens with one attached hydrogen (secondary N) is 1. The third kappa shape index (κ3) is 2.20. The van der Waals surface area contributed by atoms with Gasteiger partial charge in [-0.05, 0) is 39.5 Å². The molecule has 1 aliphatic carbocycles. The van der Waals surface area contributed by atoms with E-state index >= 15 is 0 Å². The van der Waals surface area contributed by atoms with Crippen LogP contribution in [0.5, 0.6) is 0 Å². The molecule has 0 amide bonds. The molecule has 0 aromatic rings. The van der Waals surface area contributed by atoms with Crippen molar-refractivity contribution in [2.45, 2.75) is 45.2 Å². The maximum atomic E-state index is 8.59. The van der Waals surface area contributed by atoms with Gasteiger partial charge in [0, 0.05) is 5.54 Å². The lowest BCUT2D eigenvalue weighted by Crippen LogP contribution is -2.45. The summed E-state index contributed by atoms with van der Waals surface area (Å²) in [6, 6.07) is 2.17. The lowest BCUT2D eigenvalue weighted by molar-refractivity contribution is 0.328. The summed E-state index contributed by atoms with van der Waals surface area (Å²) in [5.41, 5.74) is 0.162. The SMILES string of the molecule is CC(C#N)NC(C)(C)C1CC1. The van der Waals surface area contributed by atoms with Crippen LogP contribution in [0, 0.1) is 17.2 Å². The summed E-state index contributed by atoms with van der Waals surface area (Å²) in [4.78, 5) is 0. The maximum absolute atomic E-state index is 8.59. The molecule has 0 heterocycles. The first kappa shape index (κ1) is 8.55. The first-order valence-corrected chi connectivity index (χ1v) is 4.23. The van der Waals surface area contributed by atoms with Crippen LogP contribution in [0.3, 0.4) is 0 Å². The largest absolute Gasteiger partial charge is 0.297 e. The van der Waals surface area contributed by atoms with Crippen LogP contribution < -0.4 is 5.32 Å². The molecule has 0 aromatic heterocycles. The van der Waals surface area contributed by atoms with E-state index in [1.165, 1.54) is 12.8 Å². The van der Waals surface area contributed by atoms with Gasteiger partial charge in [-0.25, -0.2) is 0 Å². The molecule has 1 saturated carbocycles. The Kier molecular flexibility index (Phi) is 2.20. The third-order valence-electron chi connectivity index (χ3n) is 2.38. The maximum Gasteiger partial charge on any atom is 0.0928 e. The van der Waals surface area contributed by atoms with E-state index in [-0.39, 0.29) is 11.6 Å². The molecule has 1 N–H and O–H groups in total. The van der Waals surface area contributed by atoms with Crippen molar-refractivity contribution in [2.75, 3.05) is 0 Å². The van der Waals surface area contributed by atoms with Crippen molar-refractivity contribution >= 4 is 0 Å². The van der Waals surface area contributed by atoms with E-state index in [0.29, 0.717) is 0 Å². The van der Waals surface area contributed by atoms with Gasteiger partial charge < -0.3 is 0 Å². The third-order valence-corrected chi connectivity index (χ3v) is 2.38. The number of nitriles is 1. The van der Waals surface area contributed by atoms with Gasteiger partial charge in [-0.15, -0.1) is 0 Å². The molecule has 0 bridgehead atoms. The van der Waals surface area contributed by atoms with Gasteiger partial charge in [-0.1, -0.05) is 0 Å². The summed E-state index contributed by atoms with van der Waals surface area (Å²) in [5, 5.41) is 11.9. The van der Waals surface area contributed by atoms with Crippen molar-refractivity contribution in [3.8, 4) is 6.07 Å². The highest BCUT2D eigenvalue weighted by Crippen LogP contribution is 2.39. The molecule has 0 aromatic carbocycles. The van der Waals surface area contributed by atoms with Crippen LogP contribution in [-0.4, -0.2) is 11.6 Å². The number of nitrogens with zero attached hydrogens (tertiary/aromatic N) is 1. The fraction of sp³-hybridized carbons (Fsp3) is 0.889. The quantitative estimate of drug-likeness (QED) is 0.667. The summed E-state index contributed by atoms with van der Waals surface area (Å²) in [6.45, 7) is 6.27. The zero-order valence-electron chi connectivity index (χ0n) is 7.52. The molecule has 1 fully saturated rings. The van der Waals surface area contributed by atoms with Crippen LogP contribution in [0.2, 0.25) is 0 Å². The second-order valence-corrected chi connectivity index (χ2v) is 3.99. The average molecular weight is 152 g/mol. The van der Waals surface area contributed by atoms with Gasteiger partial charge in [0.25, 0.3) is 0 Å². The zero-order valence-corrected chi connectivity index (χ0v) is 7.52. The van der Waals surface area contributed by atoms with Crippen molar-refractivity contribution in [2.24, 2.45) is 5.92 Å². The van der Waals surface area contributed by atoms with E-state index in [1.807, 2.05) is 6.92 Å². The van der Waals surface area contributed by atoms with E-state index in [0.717, 1.165) is 5.92 Å². The van der Waals surface area contributed by atoms with Crippen molar-refractivity contribution in [3.63, 3.8) is 0 Å². The molecular formula is C9H16N2. The van der Waals surface area contributed by atoms with Gasteiger partial charge in [-0.3, -0.25) is 5.32 Å². The number of hydrogen-bond donors (Lipinski definition) is 1. The highest BCUT2D eigenvalue weighted by Gasteiger charge is 2.38. The van der Waals surface area contributed by atoms with Gasteiger partial charge in [-0.2, -0.15) is 5.26 Å². The standard InChI is InChI=1S/C9H16N2/c1-7(6-10)11-9(2,3)8-4-5-8/h7-8,11H,4-5H2,1-3H3. The average Bonchev–Trinajstić information content (AvgIpc) is 2.66. The van der Waals surface area contributed by atoms with Crippen molar-refractivity contribution in [1.29, 1.82) is 5.26 Å². The minimum atomic E-state index is -0.0226. The Morgan fingerprint density at radius 1 is 1.55 bits per heavy atom. The second-order valence-electron chi connectivity index (χ2n) is 3.99. The molecule has 1 unspecified atom stereocenters. The lowest BCUT2D eigenvalue weighted by atomic mass is 9.98. The molecule has 11 heavy (non-hydrogen) atoms. The molecule has 0 saturated heterocycles. The second kappa shape index (κ2) is 2.83. The van der Waals surface area contributed by atoms with E-state index in [2.05, 4.69) is 25.2 Å². The molecule has 2 nitrogen and oxygen atoms in total. The van der Waals surface area contributed by atoms with Crippen LogP contribution in [0.15, 0.2) is 0 Å². The Balaban J connectivity index is 2.40. The molecule has 0 aliphatic heterocycles. The van der Waals surface area contributed by atoms with Crippen LogP contribution in [0.25, 0.3) is 0 Å². The fourth-order valence-electron chi connectivity index (χ4n) is 1.51. The summed E-state index contributed by atoms with van der Waals surface area (Å²) in [5.74, 6) is 0.790. The normalized spacial score (nSPS) is 20.9. The van der Waals surface area contributed by atoms with Gasteiger partial charge in [0.05, 0.1) is 12.1 Å². The van der Waals surface area contributed by atoms with Gasteiger partial charge in [0.1, 0.15) is 0 Å². The van der Waals surface area contributed by atoms with Gasteiger partial charge in [0.15, 0.2) is 0 Å². The number of rotatable bonds is 3. The van der Waals surface area contributed by atoms with E-state index < -0.39 is 0 Å². The summed E-state index contributed by atoms with van der Waals surface area (Å²) in [6.07, 6.45) is 2.64. The first-order valence-electron chi connectivity index (χ1n) is 4.23. The van der Waals surface area contributed by atoms with E-state index in [4.69, 9.17) is 5.26 Å². The zero-order chi connectivity index (χ0) is 8.48. The molecule has 62 valence electrons. The Hall–Kier alpha value is -0.550. The molecule has 0 spiro atoms. The Morgan fingerprint density at radius 2 is 2.09 bits per heavy atom. The molecule has 1 aliphatic rings. The van der Waals surface area contributed by atoms with Crippen molar-refractivity contribution in [1.82, 2.24) is 5.32 Å². The van der Waals surface area contributed by atoms with Crippen molar-refractivity contribution < 1.29 is 0 Å². The fourth-order valence-corrected chi connectivity index (χ4v) is 1.51. The Bertz CT molecular complexity index is 174. The van der Waals surface area contributed by atoms with Crippen LogP contribution in [-0.2, 0) is 0 Å². The van der Waals surface area contributed by atoms with E-state index in [1.54, 1.807) is 0 Å². The molecule has 2 heteroatoms. The van der Waals surface area contributed by atoms with E-state index in [9.17, 15) is 0 Å². The highest BCUT2D eigenvalue weighted by molar-refractivity contribution is 4.99. The van der Waals surface area contributed by atoms with Crippen LogP contribution in [0.4, 0.5) is 0 Å². The van der Waals surface area contributed by atoms with Crippen molar-refractivity contribution in [3.05, 3.63) is 0 Å². The lowest BCUT2D eigenvalue weighted by Gasteiger charge is -2.27. The Labute approximate surface area is 68.6 Å².